The van der Waals surface area contributed by atoms with Crippen LogP contribution in [0.25, 0.3) is 16.6 Å². The maximum Gasteiger partial charge on any atom is 0.281 e. The topological polar surface area (TPSA) is 134 Å². The van der Waals surface area contributed by atoms with Crippen molar-refractivity contribution in [3.05, 3.63) is 84.2 Å². The molecule has 4 aromatic heterocycles. The van der Waals surface area contributed by atoms with E-state index in [2.05, 4.69) is 25.4 Å². The molecule has 1 amide bonds. The van der Waals surface area contributed by atoms with Crippen LogP contribution in [-0.4, -0.2) is 49.5 Å². The number of benzene rings is 1. The van der Waals surface area contributed by atoms with Crippen molar-refractivity contribution in [1.29, 1.82) is 0 Å². The molecule has 0 bridgehead atoms. The number of nitrogens with one attached hydrogen (secondary N) is 1. The van der Waals surface area contributed by atoms with E-state index < -0.39 is 5.91 Å². The number of amides is 1. The zero-order valence-corrected chi connectivity index (χ0v) is 21.6. The Bertz CT molecular complexity index is 1630. The minimum absolute atomic E-state index is 0.0702. The number of hydrogen-bond acceptors (Lipinski definition) is 9. The van der Waals surface area contributed by atoms with Crippen LogP contribution in [0.15, 0.2) is 67.4 Å². The van der Waals surface area contributed by atoms with E-state index >= 15 is 0 Å². The lowest BCUT2D eigenvalue weighted by molar-refractivity contribution is 0.101. The van der Waals surface area contributed by atoms with Crippen LogP contribution < -0.4 is 19.5 Å². The Labute approximate surface area is 224 Å². The fraction of sp³-hybridized carbons (Fsp3) is 0.179. The summed E-state index contributed by atoms with van der Waals surface area (Å²) in [7, 11) is 1.62. The highest BCUT2D eigenvalue weighted by molar-refractivity contribution is 6.04. The summed E-state index contributed by atoms with van der Waals surface area (Å²) in [6.45, 7) is 3.90. The number of methoxy groups -OCH3 is 1. The van der Waals surface area contributed by atoms with E-state index in [0.29, 0.717) is 40.9 Å². The van der Waals surface area contributed by atoms with Crippen molar-refractivity contribution in [3.63, 3.8) is 0 Å². The number of rotatable bonds is 9. The number of carbonyl (C=O) groups excluding carboxylic acids is 1. The molecule has 0 aliphatic rings. The summed E-state index contributed by atoms with van der Waals surface area (Å²) < 4.78 is 18.6. The van der Waals surface area contributed by atoms with Crippen molar-refractivity contribution in [1.82, 2.24) is 24.7 Å². The maximum atomic E-state index is 13.1. The van der Waals surface area contributed by atoms with Crippen LogP contribution in [-0.2, 0) is 6.61 Å². The van der Waals surface area contributed by atoms with E-state index in [9.17, 15) is 9.90 Å². The Balaban J connectivity index is 1.35. The second kappa shape index (κ2) is 11.2. The summed E-state index contributed by atoms with van der Waals surface area (Å²) in [5.74, 6) is 1.95. The molecule has 0 aliphatic carbocycles. The predicted molar refractivity (Wildman–Crippen MR) is 144 cm³/mol. The number of ether oxygens (including phenoxy) is 3. The number of aliphatic hydroxyl groups excluding tert-OH is 1. The molecule has 0 unspecified atom stereocenters. The van der Waals surface area contributed by atoms with Gasteiger partial charge in [-0.25, -0.2) is 9.67 Å². The smallest absolute Gasteiger partial charge is 0.281 e. The minimum Gasteiger partial charge on any atom is -0.496 e. The van der Waals surface area contributed by atoms with Crippen molar-refractivity contribution in [2.24, 2.45) is 0 Å². The third kappa shape index (κ3) is 5.34. The predicted octanol–water partition coefficient (Wildman–Crippen LogP) is 4.46. The lowest BCUT2D eigenvalue weighted by Gasteiger charge is -2.11. The highest BCUT2D eigenvalue weighted by Gasteiger charge is 2.20. The summed E-state index contributed by atoms with van der Waals surface area (Å²) in [6.07, 6.45) is 7.89. The Morgan fingerprint density at radius 1 is 1.05 bits per heavy atom. The van der Waals surface area contributed by atoms with Crippen molar-refractivity contribution in [2.45, 2.75) is 20.5 Å². The lowest BCUT2D eigenvalue weighted by atomic mass is 10.1. The molecule has 11 nitrogen and oxygen atoms in total. The van der Waals surface area contributed by atoms with Gasteiger partial charge in [-0.3, -0.25) is 14.8 Å². The molecule has 5 rings (SSSR count). The van der Waals surface area contributed by atoms with Gasteiger partial charge in [0, 0.05) is 29.4 Å². The number of anilines is 1. The SMILES string of the molecule is CCOc1cn(-c2cnccc2CO)nc1C(=O)Nc1ccc(Oc2ccnc3cc(OC)c(C)cc23)cn1. The fourth-order valence-electron chi connectivity index (χ4n) is 4.04. The summed E-state index contributed by atoms with van der Waals surface area (Å²) in [5.41, 5.74) is 2.92. The van der Waals surface area contributed by atoms with E-state index in [0.717, 1.165) is 22.2 Å². The molecular formula is C28H26N6O5. The van der Waals surface area contributed by atoms with E-state index in [-0.39, 0.29) is 12.3 Å². The third-order valence-corrected chi connectivity index (χ3v) is 5.92. The molecule has 2 N–H and O–H groups in total. The second-order valence-electron chi connectivity index (χ2n) is 8.47. The highest BCUT2D eigenvalue weighted by atomic mass is 16.5. The van der Waals surface area contributed by atoms with Gasteiger partial charge in [0.1, 0.15) is 23.1 Å². The van der Waals surface area contributed by atoms with Crippen molar-refractivity contribution >= 4 is 22.6 Å². The van der Waals surface area contributed by atoms with Gasteiger partial charge in [0.15, 0.2) is 11.4 Å². The monoisotopic (exact) mass is 526 g/mol. The van der Waals surface area contributed by atoms with Crippen LogP contribution in [0.3, 0.4) is 0 Å². The van der Waals surface area contributed by atoms with Gasteiger partial charge in [-0.1, -0.05) is 0 Å². The first-order valence-corrected chi connectivity index (χ1v) is 12.2. The first-order valence-electron chi connectivity index (χ1n) is 12.2. The second-order valence-corrected chi connectivity index (χ2v) is 8.47. The van der Waals surface area contributed by atoms with Gasteiger partial charge in [0.05, 0.1) is 50.1 Å². The normalized spacial score (nSPS) is 10.9. The quantitative estimate of drug-likeness (QED) is 0.285. The molecule has 0 saturated carbocycles. The Hall–Kier alpha value is -5.03. The largest absolute Gasteiger partial charge is 0.496 e. The van der Waals surface area contributed by atoms with Crippen LogP contribution >= 0.6 is 0 Å². The van der Waals surface area contributed by atoms with Crippen LogP contribution in [0.1, 0.15) is 28.5 Å². The average molecular weight is 527 g/mol. The van der Waals surface area contributed by atoms with Gasteiger partial charge in [0.2, 0.25) is 0 Å². The number of aryl methyl sites for hydroxylation is 1. The lowest BCUT2D eigenvalue weighted by Crippen LogP contribution is -2.15. The molecule has 39 heavy (non-hydrogen) atoms. The van der Waals surface area contributed by atoms with Crippen molar-refractivity contribution in [2.75, 3.05) is 19.0 Å². The Morgan fingerprint density at radius 3 is 2.67 bits per heavy atom. The Kier molecular flexibility index (Phi) is 7.32. The van der Waals surface area contributed by atoms with Gasteiger partial charge in [-0.05, 0) is 49.7 Å². The number of carbonyl (C=O) groups is 1. The minimum atomic E-state index is -0.502. The van der Waals surface area contributed by atoms with Crippen molar-refractivity contribution in [3.8, 4) is 28.7 Å². The number of fused-ring (bicyclic) bond motifs is 1. The van der Waals surface area contributed by atoms with E-state index in [1.807, 2.05) is 26.0 Å². The molecule has 0 aliphatic heterocycles. The van der Waals surface area contributed by atoms with Gasteiger partial charge >= 0.3 is 0 Å². The average Bonchev–Trinajstić information content (AvgIpc) is 3.38. The molecule has 0 fully saturated rings. The van der Waals surface area contributed by atoms with E-state index in [4.69, 9.17) is 14.2 Å². The molecule has 1 aromatic carbocycles. The first-order chi connectivity index (χ1) is 19.0. The Morgan fingerprint density at radius 2 is 1.92 bits per heavy atom. The maximum absolute atomic E-state index is 13.1. The number of hydrogen-bond donors (Lipinski definition) is 2. The van der Waals surface area contributed by atoms with Crippen LogP contribution in [0.5, 0.6) is 23.0 Å². The molecular weight excluding hydrogens is 500 g/mol. The van der Waals surface area contributed by atoms with Gasteiger partial charge < -0.3 is 24.6 Å². The molecule has 11 heteroatoms. The molecule has 0 radical (unpaired) electrons. The number of pyridine rings is 3. The summed E-state index contributed by atoms with van der Waals surface area (Å²) >= 11 is 0. The highest BCUT2D eigenvalue weighted by Crippen LogP contribution is 2.33. The number of nitrogens with zero attached hydrogens (tertiary/aromatic N) is 5. The van der Waals surface area contributed by atoms with Gasteiger partial charge in [0.25, 0.3) is 5.91 Å². The summed E-state index contributed by atoms with van der Waals surface area (Å²) in [4.78, 5) is 25.9. The number of aliphatic hydroxyl groups is 1. The molecule has 5 aromatic rings. The zero-order chi connectivity index (χ0) is 27.4. The van der Waals surface area contributed by atoms with Gasteiger partial charge in [-0.15, -0.1) is 0 Å². The van der Waals surface area contributed by atoms with E-state index in [1.54, 1.807) is 56.2 Å². The number of aromatic nitrogens is 5. The first kappa shape index (κ1) is 25.6. The molecule has 0 saturated heterocycles. The molecule has 0 atom stereocenters. The molecule has 198 valence electrons. The van der Waals surface area contributed by atoms with Crippen molar-refractivity contribution < 1.29 is 24.1 Å². The molecule has 4 heterocycles. The van der Waals surface area contributed by atoms with E-state index in [1.165, 1.54) is 10.9 Å². The fourth-order valence-corrected chi connectivity index (χ4v) is 4.04. The standard InChI is InChI=1S/C28H26N6O5/c1-4-38-25-15-34(22-14-29-9-7-18(22)16-35)33-27(25)28(36)32-26-6-5-19(13-31-26)39-23-8-10-30-21-12-24(37-3)17(2)11-20(21)23/h5-15,35H,4,16H2,1-3H3,(H,31,32,36). The third-order valence-electron chi connectivity index (χ3n) is 5.92. The molecule has 0 spiro atoms. The zero-order valence-electron chi connectivity index (χ0n) is 21.6. The van der Waals surface area contributed by atoms with Gasteiger partial charge in [-0.2, -0.15) is 5.10 Å². The summed E-state index contributed by atoms with van der Waals surface area (Å²) in [5, 5.41) is 17.6. The summed E-state index contributed by atoms with van der Waals surface area (Å²) in [6, 6.07) is 10.6. The van der Waals surface area contributed by atoms with Crippen LogP contribution in [0, 0.1) is 6.92 Å². The van der Waals surface area contributed by atoms with Crippen LogP contribution in [0.4, 0.5) is 5.82 Å². The van der Waals surface area contributed by atoms with Crippen LogP contribution in [0.2, 0.25) is 0 Å².